The first kappa shape index (κ1) is 22.4. The molecule has 0 N–H and O–H groups in total. The summed E-state index contributed by atoms with van der Waals surface area (Å²) in [5.74, 6) is -1.53. The maximum absolute atomic E-state index is 14.0. The van der Waals surface area contributed by atoms with E-state index in [0.29, 0.717) is 24.0 Å². The minimum Gasteiger partial charge on any atom is -0.488 e. The van der Waals surface area contributed by atoms with Crippen LogP contribution in [0.15, 0.2) is 64.9 Å². The van der Waals surface area contributed by atoms with Crippen LogP contribution in [0.4, 0.5) is 8.78 Å². The number of nitrogens with zero attached hydrogens (tertiary/aromatic N) is 2. The summed E-state index contributed by atoms with van der Waals surface area (Å²) in [4.78, 5) is 14.8. The van der Waals surface area contributed by atoms with Gasteiger partial charge in [0.25, 0.3) is 5.91 Å². The zero-order valence-corrected chi connectivity index (χ0v) is 18.5. The van der Waals surface area contributed by atoms with Crippen LogP contribution in [0, 0.1) is 11.6 Å². The molecule has 1 aliphatic rings. The maximum atomic E-state index is 14.0. The van der Waals surface area contributed by atoms with Crippen LogP contribution in [0.3, 0.4) is 0 Å². The van der Waals surface area contributed by atoms with Gasteiger partial charge in [-0.2, -0.15) is 4.31 Å². The minimum absolute atomic E-state index is 0.0153. The van der Waals surface area contributed by atoms with Crippen molar-refractivity contribution in [1.29, 1.82) is 0 Å². The quantitative estimate of drug-likeness (QED) is 0.541. The molecular formula is C22H20F2N2O4S2. The summed E-state index contributed by atoms with van der Waals surface area (Å²) in [5, 5.41) is 1.96. The molecule has 1 aliphatic heterocycles. The fraction of sp³-hybridized carbons (Fsp3) is 0.227. The highest BCUT2D eigenvalue weighted by atomic mass is 32.2. The average Bonchev–Trinajstić information content (AvgIpc) is 3.33. The molecule has 0 spiro atoms. The number of hydrogen-bond acceptors (Lipinski definition) is 5. The van der Waals surface area contributed by atoms with Gasteiger partial charge in [0.15, 0.2) is 0 Å². The van der Waals surface area contributed by atoms with Gasteiger partial charge in [0.1, 0.15) is 28.9 Å². The summed E-state index contributed by atoms with van der Waals surface area (Å²) in [6.45, 7) is 0.643. The average molecular weight is 479 g/mol. The van der Waals surface area contributed by atoms with E-state index in [1.54, 1.807) is 35.6 Å². The van der Waals surface area contributed by atoms with Crippen LogP contribution in [-0.4, -0.2) is 49.7 Å². The lowest BCUT2D eigenvalue weighted by atomic mass is 10.1. The van der Waals surface area contributed by atoms with Crippen LogP contribution in [0.5, 0.6) is 5.75 Å². The summed E-state index contributed by atoms with van der Waals surface area (Å²) in [5.41, 5.74) is 0.432. The van der Waals surface area contributed by atoms with Crippen molar-refractivity contribution in [2.45, 2.75) is 11.5 Å². The van der Waals surface area contributed by atoms with Gasteiger partial charge >= 0.3 is 0 Å². The molecule has 1 fully saturated rings. The van der Waals surface area contributed by atoms with E-state index in [9.17, 15) is 22.0 Å². The highest BCUT2D eigenvalue weighted by molar-refractivity contribution is 7.89. The maximum Gasteiger partial charge on any atom is 0.254 e. The van der Waals surface area contributed by atoms with E-state index in [4.69, 9.17) is 4.74 Å². The largest absolute Gasteiger partial charge is 0.488 e. The first-order valence-corrected chi connectivity index (χ1v) is 12.2. The number of carbonyl (C=O) groups is 1. The zero-order chi connectivity index (χ0) is 22.7. The number of carbonyl (C=O) groups excluding carboxylic acids is 1. The molecule has 0 unspecified atom stereocenters. The number of benzene rings is 2. The van der Waals surface area contributed by atoms with Gasteiger partial charge in [-0.15, -0.1) is 11.3 Å². The van der Waals surface area contributed by atoms with Gasteiger partial charge in [0, 0.05) is 36.6 Å². The van der Waals surface area contributed by atoms with Crippen molar-refractivity contribution in [3.8, 4) is 5.75 Å². The van der Waals surface area contributed by atoms with E-state index in [0.717, 1.165) is 21.3 Å². The standard InChI is InChI=1S/C22H20F2N2O4S2/c23-17-6-7-20(24)21(14-17)32(28,29)26-10-8-25(9-11-26)22(27)16-3-1-4-18(13-16)30-15-19-5-2-12-31-19/h1-7,12-14H,8-11,15H2. The third-order valence-corrected chi connectivity index (χ3v) is 7.84. The summed E-state index contributed by atoms with van der Waals surface area (Å²) in [6.07, 6.45) is 0. The first-order chi connectivity index (χ1) is 15.3. The number of hydrogen-bond donors (Lipinski definition) is 0. The SMILES string of the molecule is O=C(c1cccc(OCc2cccs2)c1)N1CCN(S(=O)(=O)c2cc(F)ccc2F)CC1. The highest BCUT2D eigenvalue weighted by Crippen LogP contribution is 2.23. The third kappa shape index (κ3) is 4.82. The molecule has 0 radical (unpaired) electrons. The number of amides is 1. The molecule has 4 rings (SSSR count). The topological polar surface area (TPSA) is 66.9 Å². The number of sulfonamides is 1. The second kappa shape index (κ2) is 9.35. The minimum atomic E-state index is -4.20. The lowest BCUT2D eigenvalue weighted by Gasteiger charge is -2.34. The Bertz CT molecular complexity index is 1210. The Hall–Kier alpha value is -2.82. The Morgan fingerprint density at radius 2 is 1.78 bits per heavy atom. The van der Waals surface area contributed by atoms with E-state index in [-0.39, 0.29) is 32.1 Å². The van der Waals surface area contributed by atoms with Crippen molar-refractivity contribution in [2.75, 3.05) is 26.2 Å². The lowest BCUT2D eigenvalue weighted by molar-refractivity contribution is 0.0697. The fourth-order valence-electron chi connectivity index (χ4n) is 3.40. The summed E-state index contributed by atoms with van der Waals surface area (Å²) >= 11 is 1.58. The summed E-state index contributed by atoms with van der Waals surface area (Å²) < 4.78 is 59.7. The Morgan fingerprint density at radius 1 is 1.00 bits per heavy atom. The molecule has 0 atom stereocenters. The third-order valence-electron chi connectivity index (χ3n) is 5.08. The smallest absolute Gasteiger partial charge is 0.254 e. The van der Waals surface area contributed by atoms with Crippen LogP contribution in [0.1, 0.15) is 15.2 Å². The highest BCUT2D eigenvalue weighted by Gasteiger charge is 2.32. The van der Waals surface area contributed by atoms with Gasteiger partial charge in [0.2, 0.25) is 10.0 Å². The summed E-state index contributed by atoms with van der Waals surface area (Å²) in [6, 6.07) is 13.0. The van der Waals surface area contributed by atoms with Gasteiger partial charge < -0.3 is 9.64 Å². The normalized spacial score (nSPS) is 15.0. The Morgan fingerprint density at radius 3 is 2.50 bits per heavy atom. The molecule has 3 aromatic rings. The molecule has 1 saturated heterocycles. The van der Waals surface area contributed by atoms with E-state index < -0.39 is 26.6 Å². The molecule has 10 heteroatoms. The number of ether oxygens (including phenoxy) is 1. The van der Waals surface area contributed by atoms with E-state index in [1.165, 1.54) is 4.90 Å². The van der Waals surface area contributed by atoms with Crippen molar-refractivity contribution < 1.29 is 26.7 Å². The van der Waals surface area contributed by atoms with E-state index in [2.05, 4.69) is 0 Å². The van der Waals surface area contributed by atoms with Crippen molar-refractivity contribution in [2.24, 2.45) is 0 Å². The molecule has 0 aliphatic carbocycles. The Balaban J connectivity index is 1.40. The first-order valence-electron chi connectivity index (χ1n) is 9.84. The van der Waals surface area contributed by atoms with Crippen molar-refractivity contribution >= 4 is 27.3 Å². The fourth-order valence-corrected chi connectivity index (χ4v) is 5.51. The molecule has 1 aromatic heterocycles. The molecule has 32 heavy (non-hydrogen) atoms. The van der Waals surface area contributed by atoms with Gasteiger partial charge in [-0.1, -0.05) is 12.1 Å². The van der Waals surface area contributed by atoms with Crippen LogP contribution >= 0.6 is 11.3 Å². The summed E-state index contributed by atoms with van der Waals surface area (Å²) in [7, 11) is -4.20. The van der Waals surface area contributed by atoms with Gasteiger partial charge in [-0.05, 0) is 47.8 Å². The number of rotatable bonds is 6. The monoisotopic (exact) mass is 478 g/mol. The molecular weight excluding hydrogens is 458 g/mol. The number of piperazine rings is 1. The predicted molar refractivity (Wildman–Crippen MR) is 116 cm³/mol. The van der Waals surface area contributed by atoms with Crippen LogP contribution in [0.25, 0.3) is 0 Å². The van der Waals surface area contributed by atoms with Gasteiger partial charge in [-0.3, -0.25) is 4.79 Å². The van der Waals surface area contributed by atoms with Gasteiger partial charge in [-0.25, -0.2) is 17.2 Å². The Labute approximate surface area is 188 Å². The Kier molecular flexibility index (Phi) is 6.54. The molecule has 2 heterocycles. The number of thiophene rings is 1. The molecule has 1 amide bonds. The lowest BCUT2D eigenvalue weighted by Crippen LogP contribution is -2.50. The second-order valence-corrected chi connectivity index (χ2v) is 10.1. The van der Waals surface area contributed by atoms with Crippen LogP contribution in [0.2, 0.25) is 0 Å². The van der Waals surface area contributed by atoms with Crippen LogP contribution in [-0.2, 0) is 16.6 Å². The molecule has 2 aromatic carbocycles. The second-order valence-electron chi connectivity index (χ2n) is 7.17. The molecule has 0 bridgehead atoms. The van der Waals surface area contributed by atoms with Crippen molar-refractivity contribution in [1.82, 2.24) is 9.21 Å². The zero-order valence-electron chi connectivity index (χ0n) is 16.9. The van der Waals surface area contributed by atoms with Crippen molar-refractivity contribution in [3.05, 3.63) is 82.1 Å². The van der Waals surface area contributed by atoms with E-state index in [1.807, 2.05) is 17.5 Å². The van der Waals surface area contributed by atoms with Crippen LogP contribution < -0.4 is 4.74 Å². The van der Waals surface area contributed by atoms with Gasteiger partial charge in [0.05, 0.1) is 0 Å². The predicted octanol–water partition coefficient (Wildman–Crippen LogP) is 3.75. The molecule has 6 nitrogen and oxygen atoms in total. The van der Waals surface area contributed by atoms with Crippen molar-refractivity contribution in [3.63, 3.8) is 0 Å². The molecule has 0 saturated carbocycles. The number of halogens is 2. The van der Waals surface area contributed by atoms with E-state index >= 15 is 0 Å². The molecule has 168 valence electrons.